The number of likely N-dealkylation sites (N-methyl/N-ethyl adjacent to an activating group) is 1. The van der Waals surface area contributed by atoms with Gasteiger partial charge in [0.1, 0.15) is 5.75 Å². The molecule has 0 aliphatic heterocycles. The molecule has 0 aliphatic rings. The molecule has 0 bridgehead atoms. The molecule has 2 rings (SSSR count). The molecule has 1 amide bonds. The fourth-order valence-corrected chi connectivity index (χ4v) is 2.99. The second kappa shape index (κ2) is 10.1. The zero-order chi connectivity index (χ0) is 19.8. The van der Waals surface area contributed by atoms with Gasteiger partial charge in [0.05, 0.1) is 0 Å². The Labute approximate surface area is 163 Å². The van der Waals surface area contributed by atoms with Crippen molar-refractivity contribution in [1.82, 2.24) is 10.2 Å². The summed E-state index contributed by atoms with van der Waals surface area (Å²) in [5.41, 5.74) is 3.53. The summed E-state index contributed by atoms with van der Waals surface area (Å²) >= 11 is 0. The van der Waals surface area contributed by atoms with Gasteiger partial charge in [0.15, 0.2) is 6.61 Å². The molecule has 2 aromatic rings. The molecule has 0 aromatic heterocycles. The number of nitrogens with one attached hydrogen (secondary N) is 1. The average molecular weight is 369 g/mol. The van der Waals surface area contributed by atoms with E-state index in [1.54, 1.807) is 0 Å². The van der Waals surface area contributed by atoms with Crippen molar-refractivity contribution in [3.8, 4) is 5.75 Å². The maximum Gasteiger partial charge on any atom is 0.257 e. The van der Waals surface area contributed by atoms with Gasteiger partial charge >= 0.3 is 0 Å². The van der Waals surface area contributed by atoms with Crippen molar-refractivity contribution in [2.45, 2.75) is 39.2 Å². The highest BCUT2D eigenvalue weighted by atomic mass is 16.5. The van der Waals surface area contributed by atoms with E-state index in [4.69, 9.17) is 4.74 Å². The molecular formula is C23H32N2O2. The van der Waals surface area contributed by atoms with E-state index < -0.39 is 0 Å². The van der Waals surface area contributed by atoms with Gasteiger partial charge in [-0.05, 0) is 56.1 Å². The summed E-state index contributed by atoms with van der Waals surface area (Å²) in [6.07, 6.45) is 0.893. The molecule has 1 atom stereocenters. The fraction of sp³-hybridized carbons (Fsp3) is 0.435. The second-order valence-electron chi connectivity index (χ2n) is 7.60. The second-order valence-corrected chi connectivity index (χ2v) is 7.60. The van der Waals surface area contributed by atoms with Gasteiger partial charge in [0.2, 0.25) is 0 Å². The third-order valence-electron chi connectivity index (χ3n) is 4.73. The molecule has 4 heteroatoms. The number of carbonyl (C=O) groups excluding carboxylic acids is 1. The van der Waals surface area contributed by atoms with Crippen LogP contribution in [0.15, 0.2) is 48.5 Å². The summed E-state index contributed by atoms with van der Waals surface area (Å²) in [7, 11) is 4.08. The molecule has 0 unspecified atom stereocenters. The maximum absolute atomic E-state index is 12.3. The largest absolute Gasteiger partial charge is 0.483 e. The van der Waals surface area contributed by atoms with Crippen LogP contribution in [-0.2, 0) is 11.2 Å². The van der Waals surface area contributed by atoms with Crippen LogP contribution in [0.2, 0.25) is 0 Å². The number of carbonyl (C=O) groups is 1. The molecule has 0 aliphatic carbocycles. The van der Waals surface area contributed by atoms with Crippen LogP contribution in [0.25, 0.3) is 0 Å². The smallest absolute Gasteiger partial charge is 0.257 e. The monoisotopic (exact) mass is 368 g/mol. The highest BCUT2D eigenvalue weighted by molar-refractivity contribution is 5.77. The van der Waals surface area contributed by atoms with Gasteiger partial charge in [-0.3, -0.25) is 4.79 Å². The molecule has 4 nitrogen and oxygen atoms in total. The number of nitrogens with zero attached hydrogens (tertiary/aromatic N) is 1. The lowest BCUT2D eigenvalue weighted by atomic mass is 10.0. The van der Waals surface area contributed by atoms with E-state index in [1.807, 2.05) is 45.3 Å². The molecule has 0 saturated carbocycles. The molecule has 146 valence electrons. The summed E-state index contributed by atoms with van der Waals surface area (Å²) in [6.45, 7) is 6.91. The summed E-state index contributed by atoms with van der Waals surface area (Å²) in [6, 6.07) is 16.7. The summed E-state index contributed by atoms with van der Waals surface area (Å²) < 4.78 is 5.83. The summed E-state index contributed by atoms with van der Waals surface area (Å²) in [5, 5.41) is 3.01. The van der Waals surface area contributed by atoms with E-state index in [-0.39, 0.29) is 18.6 Å². The van der Waals surface area contributed by atoms with Crippen LogP contribution in [-0.4, -0.2) is 44.1 Å². The van der Waals surface area contributed by atoms with Crippen molar-refractivity contribution in [1.29, 1.82) is 0 Å². The van der Waals surface area contributed by atoms with Crippen molar-refractivity contribution >= 4 is 5.91 Å². The van der Waals surface area contributed by atoms with Crippen molar-refractivity contribution in [3.05, 3.63) is 65.2 Å². The Hall–Kier alpha value is -2.33. The van der Waals surface area contributed by atoms with Crippen molar-refractivity contribution < 1.29 is 9.53 Å². The van der Waals surface area contributed by atoms with Gasteiger partial charge in [0, 0.05) is 12.6 Å². The molecule has 2 aromatic carbocycles. The van der Waals surface area contributed by atoms with Crippen LogP contribution >= 0.6 is 0 Å². The lowest BCUT2D eigenvalue weighted by Gasteiger charge is -2.25. The number of ether oxygens (including phenoxy) is 1. The Kier molecular flexibility index (Phi) is 7.86. The lowest BCUT2D eigenvalue weighted by molar-refractivity contribution is -0.123. The molecule has 27 heavy (non-hydrogen) atoms. The molecular weight excluding hydrogens is 336 g/mol. The first-order valence-electron chi connectivity index (χ1n) is 9.57. The predicted molar refractivity (Wildman–Crippen MR) is 111 cm³/mol. The molecule has 0 radical (unpaired) electrons. The van der Waals surface area contributed by atoms with Gasteiger partial charge in [-0.2, -0.15) is 0 Å². The third kappa shape index (κ3) is 6.72. The standard InChI is InChI=1S/C23H32N2O2/c1-17(2)21-12-11-18(3)13-22(21)27-16-23(26)24-15-20(25(4)5)14-19-9-7-6-8-10-19/h6-13,17,20H,14-16H2,1-5H3,(H,24,26)/t20-/m1/s1. The first kappa shape index (κ1) is 21.0. The van der Waals surface area contributed by atoms with Gasteiger partial charge in [-0.1, -0.05) is 56.3 Å². The van der Waals surface area contributed by atoms with Crippen LogP contribution < -0.4 is 10.1 Å². The van der Waals surface area contributed by atoms with Gasteiger partial charge < -0.3 is 15.0 Å². The number of aryl methyl sites for hydroxylation is 1. The maximum atomic E-state index is 12.3. The minimum Gasteiger partial charge on any atom is -0.483 e. The third-order valence-corrected chi connectivity index (χ3v) is 4.73. The van der Waals surface area contributed by atoms with E-state index in [0.717, 1.165) is 23.3 Å². The van der Waals surface area contributed by atoms with Crippen LogP contribution in [0.5, 0.6) is 5.75 Å². The number of benzene rings is 2. The molecule has 1 N–H and O–H groups in total. The number of amides is 1. The average Bonchev–Trinajstić information content (AvgIpc) is 2.63. The Bertz CT molecular complexity index is 726. The van der Waals surface area contributed by atoms with Crippen LogP contribution in [0, 0.1) is 6.92 Å². The quantitative estimate of drug-likeness (QED) is 0.732. The van der Waals surface area contributed by atoms with Crippen molar-refractivity contribution in [2.24, 2.45) is 0 Å². The van der Waals surface area contributed by atoms with E-state index in [2.05, 4.69) is 48.3 Å². The number of rotatable bonds is 9. The molecule has 0 fully saturated rings. The highest BCUT2D eigenvalue weighted by Gasteiger charge is 2.15. The highest BCUT2D eigenvalue weighted by Crippen LogP contribution is 2.27. The van der Waals surface area contributed by atoms with E-state index >= 15 is 0 Å². The topological polar surface area (TPSA) is 41.6 Å². The predicted octanol–water partition coefficient (Wildman–Crippen LogP) is 3.79. The first-order chi connectivity index (χ1) is 12.9. The van der Waals surface area contributed by atoms with Crippen molar-refractivity contribution in [2.75, 3.05) is 27.2 Å². The molecule has 0 saturated heterocycles. The number of hydrogen-bond donors (Lipinski definition) is 1. The molecule has 0 spiro atoms. The zero-order valence-electron chi connectivity index (χ0n) is 17.2. The lowest BCUT2D eigenvalue weighted by Crippen LogP contribution is -2.43. The normalized spacial score (nSPS) is 12.3. The van der Waals surface area contributed by atoms with Gasteiger partial charge in [0.25, 0.3) is 5.91 Å². The summed E-state index contributed by atoms with van der Waals surface area (Å²) in [4.78, 5) is 14.5. The van der Waals surface area contributed by atoms with Crippen LogP contribution in [0.4, 0.5) is 0 Å². The first-order valence-corrected chi connectivity index (χ1v) is 9.57. The van der Waals surface area contributed by atoms with E-state index in [0.29, 0.717) is 12.5 Å². The van der Waals surface area contributed by atoms with Crippen molar-refractivity contribution in [3.63, 3.8) is 0 Å². The SMILES string of the molecule is Cc1ccc(C(C)C)c(OCC(=O)NC[C@@H](Cc2ccccc2)N(C)C)c1. The van der Waals surface area contributed by atoms with Crippen LogP contribution in [0.1, 0.15) is 36.5 Å². The Balaban J connectivity index is 1.88. The van der Waals surface area contributed by atoms with E-state index in [9.17, 15) is 4.79 Å². The molecule has 0 heterocycles. The Morgan fingerprint density at radius 2 is 1.81 bits per heavy atom. The Morgan fingerprint density at radius 1 is 1.11 bits per heavy atom. The van der Waals surface area contributed by atoms with Crippen LogP contribution in [0.3, 0.4) is 0 Å². The fourth-order valence-electron chi connectivity index (χ4n) is 2.99. The minimum atomic E-state index is -0.0916. The van der Waals surface area contributed by atoms with Gasteiger partial charge in [-0.25, -0.2) is 0 Å². The van der Waals surface area contributed by atoms with E-state index in [1.165, 1.54) is 5.56 Å². The zero-order valence-corrected chi connectivity index (χ0v) is 17.2. The minimum absolute atomic E-state index is 0.0364. The Morgan fingerprint density at radius 3 is 2.44 bits per heavy atom. The number of hydrogen-bond acceptors (Lipinski definition) is 3. The van der Waals surface area contributed by atoms with Gasteiger partial charge in [-0.15, -0.1) is 0 Å². The summed E-state index contributed by atoms with van der Waals surface area (Å²) in [5.74, 6) is 1.06.